The van der Waals surface area contributed by atoms with E-state index in [9.17, 15) is 17.6 Å². The number of benzene rings is 2. The van der Waals surface area contributed by atoms with Gasteiger partial charge in [-0.05, 0) is 43.3 Å². The lowest BCUT2D eigenvalue weighted by Crippen LogP contribution is -2.53. The topological polar surface area (TPSA) is 79.0 Å². The Bertz CT molecular complexity index is 958. The van der Waals surface area contributed by atoms with Crippen LogP contribution >= 0.6 is 0 Å². The Labute approximate surface area is 170 Å². The van der Waals surface area contributed by atoms with Gasteiger partial charge >= 0.3 is 0 Å². The lowest BCUT2D eigenvalue weighted by Gasteiger charge is -2.36. The van der Waals surface area contributed by atoms with Crippen molar-refractivity contribution < 1.29 is 22.3 Å². The highest BCUT2D eigenvalue weighted by molar-refractivity contribution is 7.89. The lowest BCUT2D eigenvalue weighted by molar-refractivity contribution is -0.121. The fourth-order valence-electron chi connectivity index (χ4n) is 3.20. The van der Waals surface area contributed by atoms with Gasteiger partial charge in [-0.1, -0.05) is 6.07 Å². The number of nitrogens with zero attached hydrogens (tertiary/aromatic N) is 2. The Balaban J connectivity index is 1.59. The van der Waals surface area contributed by atoms with E-state index in [4.69, 9.17) is 4.74 Å². The van der Waals surface area contributed by atoms with Crippen LogP contribution in [0, 0.1) is 5.82 Å². The molecule has 1 aliphatic rings. The quantitative estimate of drug-likeness (QED) is 0.773. The van der Waals surface area contributed by atoms with Crippen molar-refractivity contribution in [2.24, 2.45) is 0 Å². The number of ether oxygens (including phenoxy) is 1. The summed E-state index contributed by atoms with van der Waals surface area (Å²) < 4.78 is 45.0. The van der Waals surface area contributed by atoms with Crippen LogP contribution in [0.15, 0.2) is 53.4 Å². The maximum absolute atomic E-state index is 13.1. The fraction of sp³-hybridized carbons (Fsp3) is 0.350. The number of sulfonamides is 1. The van der Waals surface area contributed by atoms with Crippen molar-refractivity contribution >= 4 is 21.6 Å². The average molecular weight is 421 g/mol. The number of halogens is 1. The Morgan fingerprint density at radius 1 is 1.10 bits per heavy atom. The zero-order chi connectivity index (χ0) is 21.0. The monoisotopic (exact) mass is 421 g/mol. The molecule has 1 heterocycles. The van der Waals surface area contributed by atoms with Gasteiger partial charge in [0, 0.05) is 37.9 Å². The molecule has 0 radical (unpaired) electrons. The van der Waals surface area contributed by atoms with E-state index in [-0.39, 0.29) is 23.9 Å². The number of hydrogen-bond acceptors (Lipinski definition) is 5. The molecule has 0 saturated carbocycles. The number of anilines is 1. The molecule has 0 bridgehead atoms. The largest absolute Gasteiger partial charge is 0.497 e. The minimum absolute atomic E-state index is 0.0659. The van der Waals surface area contributed by atoms with Crippen LogP contribution in [0.2, 0.25) is 0 Å². The Morgan fingerprint density at radius 2 is 1.76 bits per heavy atom. The average Bonchev–Trinajstić information content (AvgIpc) is 2.73. The summed E-state index contributed by atoms with van der Waals surface area (Å²) in [4.78, 5) is 14.6. The second kappa shape index (κ2) is 8.89. The van der Waals surface area contributed by atoms with E-state index < -0.39 is 21.9 Å². The van der Waals surface area contributed by atoms with Crippen molar-refractivity contribution in [3.8, 4) is 5.75 Å². The predicted molar refractivity (Wildman–Crippen MR) is 108 cm³/mol. The highest BCUT2D eigenvalue weighted by Crippen LogP contribution is 2.20. The first-order valence-corrected chi connectivity index (χ1v) is 10.7. The highest BCUT2D eigenvalue weighted by atomic mass is 32.2. The summed E-state index contributed by atoms with van der Waals surface area (Å²) in [6, 6.07) is 11.5. The second-order valence-corrected chi connectivity index (χ2v) is 8.73. The molecule has 0 unspecified atom stereocenters. The number of methoxy groups -OCH3 is 1. The second-order valence-electron chi connectivity index (χ2n) is 6.79. The van der Waals surface area contributed by atoms with Crippen LogP contribution in [0.5, 0.6) is 5.75 Å². The first-order chi connectivity index (χ1) is 13.8. The lowest BCUT2D eigenvalue weighted by atomic mass is 10.2. The summed E-state index contributed by atoms with van der Waals surface area (Å²) in [5.74, 6) is -0.00666. The first kappa shape index (κ1) is 21.2. The molecule has 7 nitrogen and oxygen atoms in total. The molecule has 1 atom stereocenters. The molecule has 1 aliphatic heterocycles. The van der Waals surface area contributed by atoms with Crippen LogP contribution in [0.4, 0.5) is 10.1 Å². The van der Waals surface area contributed by atoms with Crippen LogP contribution in [0.3, 0.4) is 0 Å². The molecule has 1 amide bonds. The molecule has 0 aliphatic carbocycles. The summed E-state index contributed by atoms with van der Waals surface area (Å²) in [7, 11) is -2.12. The van der Waals surface area contributed by atoms with Gasteiger partial charge < -0.3 is 10.1 Å². The number of carbonyl (C=O) groups is 1. The molecular weight excluding hydrogens is 397 g/mol. The van der Waals surface area contributed by atoms with E-state index in [2.05, 4.69) is 5.32 Å². The van der Waals surface area contributed by atoms with E-state index in [0.717, 1.165) is 12.1 Å². The zero-order valence-corrected chi connectivity index (χ0v) is 17.2. The molecule has 29 heavy (non-hydrogen) atoms. The molecule has 0 spiro atoms. The highest BCUT2D eigenvalue weighted by Gasteiger charge is 2.31. The van der Waals surface area contributed by atoms with Gasteiger partial charge in [0.25, 0.3) is 0 Å². The van der Waals surface area contributed by atoms with Crippen molar-refractivity contribution in [3.05, 3.63) is 54.3 Å². The number of carbonyl (C=O) groups excluding carboxylic acids is 1. The third kappa shape index (κ3) is 4.92. The number of nitrogens with one attached hydrogen (secondary N) is 1. The normalized spacial score (nSPS) is 16.9. The third-order valence-electron chi connectivity index (χ3n) is 4.99. The molecule has 1 saturated heterocycles. The Morgan fingerprint density at radius 3 is 2.38 bits per heavy atom. The van der Waals surface area contributed by atoms with E-state index in [1.54, 1.807) is 38.3 Å². The molecule has 2 aromatic carbocycles. The Hall–Kier alpha value is -2.49. The van der Waals surface area contributed by atoms with Crippen LogP contribution in [-0.2, 0) is 14.8 Å². The van der Waals surface area contributed by atoms with E-state index in [1.165, 1.54) is 16.4 Å². The fourth-order valence-corrected chi connectivity index (χ4v) is 4.62. The van der Waals surface area contributed by atoms with Gasteiger partial charge in [-0.25, -0.2) is 12.8 Å². The van der Waals surface area contributed by atoms with Crippen molar-refractivity contribution in [2.45, 2.75) is 17.9 Å². The van der Waals surface area contributed by atoms with Gasteiger partial charge in [0.2, 0.25) is 15.9 Å². The van der Waals surface area contributed by atoms with Gasteiger partial charge in [-0.15, -0.1) is 0 Å². The van der Waals surface area contributed by atoms with Crippen LogP contribution in [0.1, 0.15) is 6.92 Å². The smallest absolute Gasteiger partial charge is 0.243 e. The molecule has 3 rings (SSSR count). The summed E-state index contributed by atoms with van der Waals surface area (Å²) in [5, 5.41) is 2.86. The van der Waals surface area contributed by atoms with Crippen molar-refractivity contribution in [3.63, 3.8) is 0 Å². The third-order valence-corrected chi connectivity index (χ3v) is 6.90. The molecule has 1 fully saturated rings. The van der Waals surface area contributed by atoms with Crippen molar-refractivity contribution in [1.82, 2.24) is 9.21 Å². The minimum atomic E-state index is -3.68. The SMILES string of the molecule is COc1cccc(NC(=O)[C@@H](C)N2CCN(S(=O)(=O)c3ccc(F)cc3)CC2)c1. The van der Waals surface area contributed by atoms with Gasteiger partial charge in [-0.3, -0.25) is 9.69 Å². The molecule has 1 N–H and O–H groups in total. The maximum atomic E-state index is 13.1. The number of piperazine rings is 1. The van der Waals surface area contributed by atoms with Crippen LogP contribution in [0.25, 0.3) is 0 Å². The standard InChI is InChI=1S/C20H24FN3O4S/c1-15(20(25)22-17-4-3-5-18(14-17)28-2)23-10-12-24(13-11-23)29(26,27)19-8-6-16(21)7-9-19/h3-9,14-15H,10-13H2,1-2H3,(H,22,25)/t15-/m1/s1. The minimum Gasteiger partial charge on any atom is -0.497 e. The predicted octanol–water partition coefficient (Wildman–Crippen LogP) is 2.17. The van der Waals surface area contributed by atoms with Crippen LogP contribution < -0.4 is 10.1 Å². The zero-order valence-electron chi connectivity index (χ0n) is 16.3. The van der Waals surface area contributed by atoms with E-state index >= 15 is 0 Å². The molecule has 156 valence electrons. The number of rotatable bonds is 6. The number of hydrogen-bond donors (Lipinski definition) is 1. The maximum Gasteiger partial charge on any atom is 0.243 e. The Kier molecular flexibility index (Phi) is 6.51. The summed E-state index contributed by atoms with van der Waals surface area (Å²) in [6.45, 7) is 3.16. The van der Waals surface area contributed by atoms with Gasteiger partial charge in [0.15, 0.2) is 0 Å². The molecule has 2 aromatic rings. The van der Waals surface area contributed by atoms with Gasteiger partial charge in [-0.2, -0.15) is 4.31 Å². The summed E-state index contributed by atoms with van der Waals surface area (Å²) in [5.41, 5.74) is 0.638. The van der Waals surface area contributed by atoms with E-state index in [0.29, 0.717) is 24.5 Å². The molecular formula is C20H24FN3O4S. The number of amides is 1. The van der Waals surface area contributed by atoms with Crippen LogP contribution in [-0.4, -0.2) is 62.9 Å². The molecule has 0 aromatic heterocycles. The van der Waals surface area contributed by atoms with Crippen molar-refractivity contribution in [2.75, 3.05) is 38.6 Å². The summed E-state index contributed by atoms with van der Waals surface area (Å²) in [6.07, 6.45) is 0. The van der Waals surface area contributed by atoms with E-state index in [1.807, 2.05) is 4.90 Å². The van der Waals surface area contributed by atoms with Crippen molar-refractivity contribution in [1.29, 1.82) is 0 Å². The summed E-state index contributed by atoms with van der Waals surface area (Å²) >= 11 is 0. The van der Waals surface area contributed by atoms with Gasteiger partial charge in [0.1, 0.15) is 11.6 Å². The first-order valence-electron chi connectivity index (χ1n) is 9.26. The van der Waals surface area contributed by atoms with Gasteiger partial charge in [0.05, 0.1) is 18.0 Å². The molecule has 9 heteroatoms.